The molecule has 1 atom stereocenters. The second-order valence-electron chi connectivity index (χ2n) is 7.96. The van der Waals surface area contributed by atoms with Crippen LogP contribution in [0.2, 0.25) is 0 Å². The van der Waals surface area contributed by atoms with E-state index in [0.29, 0.717) is 30.2 Å². The molecule has 0 aliphatic carbocycles. The fourth-order valence-corrected chi connectivity index (χ4v) is 3.85. The third-order valence-corrected chi connectivity index (χ3v) is 5.55. The Balaban J connectivity index is 1.37. The summed E-state index contributed by atoms with van der Waals surface area (Å²) < 4.78 is 19.0. The van der Waals surface area contributed by atoms with E-state index < -0.39 is 12.0 Å². The van der Waals surface area contributed by atoms with E-state index in [0.717, 1.165) is 17.1 Å². The molecule has 4 rings (SSSR count). The van der Waals surface area contributed by atoms with Crippen molar-refractivity contribution in [1.82, 2.24) is 4.57 Å². The van der Waals surface area contributed by atoms with Crippen LogP contribution in [0.25, 0.3) is 0 Å². The molecule has 0 saturated heterocycles. The van der Waals surface area contributed by atoms with E-state index >= 15 is 0 Å². The number of ketones is 1. The fourth-order valence-electron chi connectivity index (χ4n) is 3.85. The number of rotatable bonds is 7. The normalized spacial score (nSPS) is 14.4. The molecule has 0 saturated carbocycles. The zero-order valence-corrected chi connectivity index (χ0v) is 18.9. The Morgan fingerprint density at radius 1 is 1.09 bits per heavy atom. The van der Waals surface area contributed by atoms with Crippen molar-refractivity contribution in [2.45, 2.75) is 26.5 Å². The standard InChI is InChI=1S/C25H25N3O6/c1-15-11-20(16(2)28(15)12-19-13-32-22-5-3-4-6-23(22)34-19)21(29)14-33-24(30)17-7-9-18(10-8-17)27-25(26)31/h3-11,19H,12-14H2,1-2H3,(H3,26,27,31). The van der Waals surface area contributed by atoms with Crippen molar-refractivity contribution in [3.05, 3.63) is 77.1 Å². The van der Waals surface area contributed by atoms with Crippen LogP contribution in [0.3, 0.4) is 0 Å². The van der Waals surface area contributed by atoms with Crippen molar-refractivity contribution in [2.75, 3.05) is 18.5 Å². The van der Waals surface area contributed by atoms with Gasteiger partial charge in [0.2, 0.25) is 5.78 Å². The van der Waals surface area contributed by atoms with Gasteiger partial charge in [-0.1, -0.05) is 12.1 Å². The van der Waals surface area contributed by atoms with Gasteiger partial charge in [0.1, 0.15) is 6.61 Å². The number of para-hydroxylation sites is 2. The van der Waals surface area contributed by atoms with Gasteiger partial charge >= 0.3 is 12.0 Å². The summed E-state index contributed by atoms with van der Waals surface area (Å²) >= 11 is 0. The maximum Gasteiger partial charge on any atom is 0.338 e. The lowest BCUT2D eigenvalue weighted by molar-refractivity contribution is 0.0474. The molecule has 0 spiro atoms. The summed E-state index contributed by atoms with van der Waals surface area (Å²) in [6.07, 6.45) is -0.201. The number of esters is 1. The zero-order valence-electron chi connectivity index (χ0n) is 18.9. The first-order valence-electron chi connectivity index (χ1n) is 10.7. The Hall–Kier alpha value is -4.27. The number of anilines is 1. The summed E-state index contributed by atoms with van der Waals surface area (Å²) in [5.74, 6) is 0.476. The van der Waals surface area contributed by atoms with E-state index in [4.69, 9.17) is 19.9 Å². The van der Waals surface area contributed by atoms with Crippen molar-refractivity contribution >= 4 is 23.5 Å². The number of carbonyl (C=O) groups is 3. The Morgan fingerprint density at radius 2 is 1.79 bits per heavy atom. The topological polar surface area (TPSA) is 122 Å². The lowest BCUT2D eigenvalue weighted by Crippen LogP contribution is -2.33. The monoisotopic (exact) mass is 463 g/mol. The number of carbonyl (C=O) groups excluding carboxylic acids is 3. The third kappa shape index (κ3) is 5.03. The van der Waals surface area contributed by atoms with Crippen LogP contribution in [0, 0.1) is 13.8 Å². The van der Waals surface area contributed by atoms with E-state index in [1.165, 1.54) is 24.3 Å². The number of nitrogens with two attached hydrogens (primary N) is 1. The van der Waals surface area contributed by atoms with Gasteiger partial charge in [-0.05, 0) is 56.3 Å². The van der Waals surface area contributed by atoms with Crippen molar-refractivity contribution in [3.8, 4) is 11.5 Å². The van der Waals surface area contributed by atoms with Crippen molar-refractivity contribution < 1.29 is 28.6 Å². The first-order valence-corrected chi connectivity index (χ1v) is 10.7. The van der Waals surface area contributed by atoms with Crippen molar-refractivity contribution in [2.24, 2.45) is 5.73 Å². The van der Waals surface area contributed by atoms with Crippen molar-refractivity contribution in [3.63, 3.8) is 0 Å². The molecule has 1 aromatic heterocycles. The van der Waals surface area contributed by atoms with Crippen LogP contribution >= 0.6 is 0 Å². The molecule has 34 heavy (non-hydrogen) atoms. The van der Waals surface area contributed by atoms with Crippen LogP contribution in [0.1, 0.15) is 32.1 Å². The number of hydrogen-bond acceptors (Lipinski definition) is 6. The zero-order chi connectivity index (χ0) is 24.2. The van der Waals surface area contributed by atoms with Crippen LogP contribution in [0.15, 0.2) is 54.6 Å². The van der Waals surface area contributed by atoms with Crippen LogP contribution < -0.4 is 20.5 Å². The molecule has 176 valence electrons. The minimum atomic E-state index is -0.703. The van der Waals surface area contributed by atoms with Gasteiger partial charge in [0.25, 0.3) is 0 Å². The Bertz CT molecular complexity index is 1230. The number of amides is 2. The number of primary amides is 1. The molecular weight excluding hydrogens is 438 g/mol. The largest absolute Gasteiger partial charge is 0.486 e. The van der Waals surface area contributed by atoms with Gasteiger partial charge in [-0.15, -0.1) is 0 Å². The third-order valence-electron chi connectivity index (χ3n) is 5.55. The predicted molar refractivity (Wildman–Crippen MR) is 125 cm³/mol. The fraction of sp³-hybridized carbons (Fsp3) is 0.240. The molecule has 1 aliphatic rings. The first kappa shape index (κ1) is 22.9. The number of urea groups is 1. The van der Waals surface area contributed by atoms with Crippen LogP contribution in [0.4, 0.5) is 10.5 Å². The van der Waals surface area contributed by atoms with Gasteiger partial charge < -0.3 is 29.8 Å². The molecule has 2 aromatic carbocycles. The molecule has 3 N–H and O–H groups in total. The van der Waals surface area contributed by atoms with E-state index in [9.17, 15) is 14.4 Å². The molecule has 0 fully saturated rings. The second-order valence-corrected chi connectivity index (χ2v) is 7.96. The van der Waals surface area contributed by atoms with Gasteiger partial charge in [-0.2, -0.15) is 0 Å². The summed E-state index contributed by atoms with van der Waals surface area (Å²) in [6.45, 7) is 4.30. The van der Waals surface area contributed by atoms with Crippen molar-refractivity contribution in [1.29, 1.82) is 0 Å². The molecular formula is C25H25N3O6. The lowest BCUT2D eigenvalue weighted by Gasteiger charge is -2.27. The Labute approximate surface area is 196 Å². The number of aryl methyl sites for hydroxylation is 1. The smallest absolute Gasteiger partial charge is 0.338 e. The second kappa shape index (κ2) is 9.70. The number of fused-ring (bicyclic) bond motifs is 1. The number of nitrogens with zero attached hydrogens (tertiary/aromatic N) is 1. The summed E-state index contributed by atoms with van der Waals surface area (Å²) in [6, 6.07) is 14.6. The average Bonchev–Trinajstić information content (AvgIpc) is 3.10. The molecule has 0 radical (unpaired) electrons. The quantitative estimate of drug-likeness (QED) is 0.409. The summed E-state index contributed by atoms with van der Waals surface area (Å²) in [5.41, 5.74) is 7.91. The number of ether oxygens (including phenoxy) is 3. The summed E-state index contributed by atoms with van der Waals surface area (Å²) in [4.78, 5) is 36.0. The van der Waals surface area contributed by atoms with E-state index in [2.05, 4.69) is 5.32 Å². The average molecular weight is 463 g/mol. The number of aromatic nitrogens is 1. The summed E-state index contributed by atoms with van der Waals surface area (Å²) in [5, 5.41) is 2.40. The van der Waals surface area contributed by atoms with E-state index in [-0.39, 0.29) is 24.1 Å². The minimum absolute atomic E-state index is 0.201. The van der Waals surface area contributed by atoms with Gasteiger partial charge in [0, 0.05) is 22.6 Å². The minimum Gasteiger partial charge on any atom is -0.486 e. The summed E-state index contributed by atoms with van der Waals surface area (Å²) in [7, 11) is 0. The molecule has 9 nitrogen and oxygen atoms in total. The Kier molecular flexibility index (Phi) is 6.53. The van der Waals surface area contributed by atoms with Gasteiger partial charge in [-0.3, -0.25) is 4.79 Å². The van der Waals surface area contributed by atoms with Crippen LogP contribution in [-0.4, -0.2) is 41.7 Å². The van der Waals surface area contributed by atoms with E-state index in [1.54, 1.807) is 6.07 Å². The van der Waals surface area contributed by atoms with Gasteiger partial charge in [0.15, 0.2) is 24.2 Å². The predicted octanol–water partition coefficient (Wildman–Crippen LogP) is 3.48. The number of nitrogens with one attached hydrogen (secondary N) is 1. The highest BCUT2D eigenvalue weighted by atomic mass is 16.6. The highest BCUT2D eigenvalue weighted by Crippen LogP contribution is 2.31. The Morgan fingerprint density at radius 3 is 2.50 bits per heavy atom. The molecule has 3 aromatic rings. The number of Topliss-reactive ketones (excluding diaryl/α,β-unsaturated/α-hetero) is 1. The molecule has 2 amide bonds. The first-order chi connectivity index (χ1) is 16.3. The number of benzene rings is 2. The van der Waals surface area contributed by atoms with Crippen LogP contribution in [-0.2, 0) is 11.3 Å². The SMILES string of the molecule is Cc1cc(C(=O)COC(=O)c2ccc(NC(N)=O)cc2)c(C)n1CC1COc2ccccc2O1. The molecule has 0 bridgehead atoms. The lowest BCUT2D eigenvalue weighted by atomic mass is 10.1. The van der Waals surface area contributed by atoms with Gasteiger partial charge in [-0.25, -0.2) is 9.59 Å². The molecule has 9 heteroatoms. The highest BCUT2D eigenvalue weighted by Gasteiger charge is 2.24. The van der Waals surface area contributed by atoms with Crippen LogP contribution in [0.5, 0.6) is 11.5 Å². The number of hydrogen-bond donors (Lipinski definition) is 2. The maximum absolute atomic E-state index is 12.8. The maximum atomic E-state index is 12.8. The molecule has 1 aliphatic heterocycles. The van der Waals surface area contributed by atoms with Gasteiger partial charge in [0.05, 0.1) is 12.1 Å². The van der Waals surface area contributed by atoms with E-state index in [1.807, 2.05) is 42.7 Å². The molecule has 1 unspecified atom stereocenters. The molecule has 2 heterocycles. The highest BCUT2D eigenvalue weighted by molar-refractivity contribution is 6.00.